The van der Waals surface area contributed by atoms with Crippen molar-refractivity contribution in [1.82, 2.24) is 0 Å². The maximum Gasteiger partial charge on any atom is 0.404 e. The highest BCUT2D eigenvalue weighted by Gasteiger charge is 2.38. The van der Waals surface area contributed by atoms with Crippen LogP contribution in [0.3, 0.4) is 0 Å². The fraction of sp³-hybridized carbons (Fsp3) is 0.800. The van der Waals surface area contributed by atoms with Crippen LogP contribution in [0.2, 0.25) is 0 Å². The van der Waals surface area contributed by atoms with Gasteiger partial charge in [0.1, 0.15) is 11.6 Å². The highest BCUT2D eigenvalue weighted by atomic mass is 35.5. The van der Waals surface area contributed by atoms with E-state index in [-0.39, 0.29) is 18.5 Å². The topological polar surface area (TPSA) is 76.1 Å². The fourth-order valence-electron chi connectivity index (χ4n) is 1.38. The predicted octanol–water partition coefficient (Wildman–Crippen LogP) is 2.73. The molecule has 2 fully saturated rings. The van der Waals surface area contributed by atoms with E-state index in [1.54, 1.807) is 0 Å². The molecule has 16 heavy (non-hydrogen) atoms. The van der Waals surface area contributed by atoms with Crippen molar-refractivity contribution in [2.24, 2.45) is 5.73 Å². The summed E-state index contributed by atoms with van der Waals surface area (Å²) >= 11 is 5.00. The first-order chi connectivity index (χ1) is 7.06. The van der Waals surface area contributed by atoms with Crippen molar-refractivity contribution < 1.29 is 9.53 Å². The molecule has 0 heterocycles. The molecule has 0 amide bonds. The Balaban J connectivity index is 0.000000283. The lowest BCUT2D eigenvalue weighted by atomic mass is 10.3. The molecule has 0 bridgehead atoms. The average molecular weight is 267 g/mol. The molecule has 0 aromatic rings. The van der Waals surface area contributed by atoms with Gasteiger partial charge in [-0.1, -0.05) is 0 Å². The minimum atomic E-state index is -0.665. The van der Waals surface area contributed by atoms with Gasteiger partial charge in [0.15, 0.2) is 0 Å². The highest BCUT2D eigenvalue weighted by molar-refractivity contribution is 6.61. The van der Waals surface area contributed by atoms with Gasteiger partial charge in [-0.25, -0.2) is 4.79 Å². The Labute approximate surface area is 106 Å². The monoisotopic (exact) mass is 266 g/mol. The number of halogens is 2. The predicted molar refractivity (Wildman–Crippen MR) is 63.6 cm³/mol. The van der Waals surface area contributed by atoms with Gasteiger partial charge in [0.05, 0.1) is 6.07 Å². The van der Waals surface area contributed by atoms with E-state index in [1.807, 2.05) is 6.07 Å². The zero-order valence-electron chi connectivity index (χ0n) is 8.95. The summed E-state index contributed by atoms with van der Waals surface area (Å²) in [4.78, 5) is 10.1. The van der Waals surface area contributed by atoms with Gasteiger partial charge in [-0.2, -0.15) is 5.26 Å². The minimum absolute atomic E-state index is 0. The SMILES string of the molecule is Cl.N#CC1(N)CC1.O=C(Cl)OC1CCCC1. The van der Waals surface area contributed by atoms with E-state index in [1.165, 1.54) is 0 Å². The third-order valence-electron chi connectivity index (χ3n) is 2.57. The molecule has 92 valence electrons. The van der Waals surface area contributed by atoms with Crippen LogP contribution < -0.4 is 5.73 Å². The summed E-state index contributed by atoms with van der Waals surface area (Å²) in [5.41, 5.74) is 4.22. The number of carbonyl (C=O) groups excluding carboxylic acids is 1. The van der Waals surface area contributed by atoms with E-state index in [0.29, 0.717) is 0 Å². The van der Waals surface area contributed by atoms with Gasteiger partial charge in [0.25, 0.3) is 0 Å². The van der Waals surface area contributed by atoms with E-state index in [4.69, 9.17) is 27.3 Å². The smallest absolute Gasteiger partial charge is 0.404 e. The first-order valence-electron chi connectivity index (χ1n) is 5.12. The van der Waals surface area contributed by atoms with Crippen LogP contribution >= 0.6 is 24.0 Å². The number of nitrogens with zero attached hydrogens (tertiary/aromatic N) is 1. The molecule has 0 aromatic heterocycles. The molecule has 0 atom stereocenters. The van der Waals surface area contributed by atoms with Crippen molar-refractivity contribution >= 4 is 29.4 Å². The second-order valence-corrected chi connectivity index (χ2v) is 4.34. The van der Waals surface area contributed by atoms with Gasteiger partial charge in [0, 0.05) is 11.6 Å². The molecule has 0 aromatic carbocycles. The summed E-state index contributed by atoms with van der Waals surface area (Å²) in [6.45, 7) is 0. The van der Waals surface area contributed by atoms with Crippen LogP contribution in [0.4, 0.5) is 4.79 Å². The molecule has 0 spiro atoms. The normalized spacial score (nSPS) is 20.8. The van der Waals surface area contributed by atoms with E-state index in [2.05, 4.69) is 0 Å². The molecule has 2 aliphatic carbocycles. The van der Waals surface area contributed by atoms with Crippen LogP contribution in [0.15, 0.2) is 0 Å². The van der Waals surface area contributed by atoms with Crippen LogP contribution in [0.5, 0.6) is 0 Å². The van der Waals surface area contributed by atoms with Crippen LogP contribution in [0.1, 0.15) is 38.5 Å². The molecule has 6 heteroatoms. The van der Waals surface area contributed by atoms with Gasteiger partial charge in [-0.3, -0.25) is 0 Å². The van der Waals surface area contributed by atoms with Gasteiger partial charge in [-0.15, -0.1) is 12.4 Å². The quantitative estimate of drug-likeness (QED) is 0.741. The molecule has 2 saturated carbocycles. The molecular formula is C10H16Cl2N2O2. The number of nitrogens with two attached hydrogens (primary N) is 1. The summed E-state index contributed by atoms with van der Waals surface area (Å²) in [6.07, 6.45) is 6.18. The highest BCUT2D eigenvalue weighted by Crippen LogP contribution is 2.30. The van der Waals surface area contributed by atoms with E-state index < -0.39 is 11.0 Å². The average Bonchev–Trinajstić information content (AvgIpc) is 2.73. The number of rotatable bonds is 1. The Morgan fingerprint density at radius 1 is 1.44 bits per heavy atom. The van der Waals surface area contributed by atoms with Crippen LogP contribution in [0.25, 0.3) is 0 Å². The summed E-state index contributed by atoms with van der Waals surface area (Å²) in [5.74, 6) is 0. The number of hydrogen-bond acceptors (Lipinski definition) is 4. The summed E-state index contributed by atoms with van der Waals surface area (Å²) in [6, 6.07) is 1.99. The molecule has 2 rings (SSSR count). The van der Waals surface area contributed by atoms with E-state index in [9.17, 15) is 4.79 Å². The zero-order chi connectivity index (χ0) is 11.3. The summed E-state index contributed by atoms with van der Waals surface area (Å²) in [7, 11) is 0. The Kier molecular flexibility index (Phi) is 6.73. The second kappa shape index (κ2) is 6.95. The zero-order valence-corrected chi connectivity index (χ0v) is 10.5. The van der Waals surface area contributed by atoms with E-state index >= 15 is 0 Å². The molecule has 2 aliphatic rings. The third kappa shape index (κ3) is 6.16. The van der Waals surface area contributed by atoms with Gasteiger partial charge < -0.3 is 10.5 Å². The second-order valence-electron chi connectivity index (χ2n) is 4.03. The van der Waals surface area contributed by atoms with Crippen molar-refractivity contribution in [2.45, 2.75) is 50.2 Å². The lowest BCUT2D eigenvalue weighted by molar-refractivity contribution is 0.125. The number of nitriles is 1. The molecule has 2 N–H and O–H groups in total. The Hall–Kier alpha value is -0.500. The summed E-state index contributed by atoms with van der Waals surface area (Å²) < 4.78 is 4.74. The van der Waals surface area contributed by atoms with Gasteiger partial charge in [-0.05, 0) is 38.5 Å². The molecule has 4 nitrogen and oxygen atoms in total. The molecule has 0 unspecified atom stereocenters. The lowest BCUT2D eigenvalue weighted by Crippen LogP contribution is -2.17. The van der Waals surface area contributed by atoms with Gasteiger partial charge >= 0.3 is 5.43 Å². The van der Waals surface area contributed by atoms with Crippen LogP contribution in [0, 0.1) is 11.3 Å². The first kappa shape index (κ1) is 15.5. The maximum atomic E-state index is 10.1. The fourth-order valence-corrected chi connectivity index (χ4v) is 1.51. The largest absolute Gasteiger partial charge is 0.450 e. The third-order valence-corrected chi connectivity index (χ3v) is 2.66. The summed E-state index contributed by atoms with van der Waals surface area (Å²) in [5, 5.41) is 8.09. The van der Waals surface area contributed by atoms with Crippen molar-refractivity contribution in [2.75, 3.05) is 0 Å². The van der Waals surface area contributed by atoms with E-state index in [0.717, 1.165) is 38.5 Å². The Morgan fingerprint density at radius 2 is 1.94 bits per heavy atom. The van der Waals surface area contributed by atoms with Crippen molar-refractivity contribution in [3.8, 4) is 6.07 Å². The molecule has 0 aliphatic heterocycles. The molecular weight excluding hydrogens is 251 g/mol. The van der Waals surface area contributed by atoms with Crippen LogP contribution in [-0.4, -0.2) is 17.1 Å². The maximum absolute atomic E-state index is 10.1. The number of ether oxygens (including phenoxy) is 1. The minimum Gasteiger partial charge on any atom is -0.450 e. The molecule has 0 radical (unpaired) electrons. The Morgan fingerprint density at radius 3 is 2.19 bits per heavy atom. The molecule has 0 saturated heterocycles. The number of carbonyl (C=O) groups is 1. The number of hydrogen-bond donors (Lipinski definition) is 1. The van der Waals surface area contributed by atoms with Crippen LogP contribution in [-0.2, 0) is 4.74 Å². The van der Waals surface area contributed by atoms with Crippen molar-refractivity contribution in [3.05, 3.63) is 0 Å². The first-order valence-corrected chi connectivity index (χ1v) is 5.50. The lowest BCUT2D eigenvalue weighted by Gasteiger charge is -2.05. The van der Waals surface area contributed by atoms with Crippen molar-refractivity contribution in [1.29, 1.82) is 5.26 Å². The van der Waals surface area contributed by atoms with Crippen molar-refractivity contribution in [3.63, 3.8) is 0 Å². The standard InChI is InChI=1S/C6H9ClO2.C4H6N2.ClH/c7-6(8)9-5-3-1-2-4-5;5-3-4(6)1-2-4;/h5H,1-4H2;1-2,6H2;1H. The van der Waals surface area contributed by atoms with Gasteiger partial charge in [0.2, 0.25) is 0 Å². The Bertz CT molecular complexity index is 268.